The Kier molecular flexibility index (Phi) is 4.34. The van der Waals surface area contributed by atoms with E-state index in [4.69, 9.17) is 11.6 Å². The van der Waals surface area contributed by atoms with Crippen molar-refractivity contribution in [3.8, 4) is 0 Å². The van der Waals surface area contributed by atoms with Crippen molar-refractivity contribution in [1.82, 2.24) is 0 Å². The number of rotatable bonds is 3. The molecule has 12 heavy (non-hydrogen) atoms. The first-order chi connectivity index (χ1) is 5.76. The molecule has 1 aliphatic carbocycles. The van der Waals surface area contributed by atoms with E-state index in [0.29, 0.717) is 0 Å². The maximum Gasteiger partial charge on any atom is 0.0378 e. The van der Waals surface area contributed by atoms with Crippen molar-refractivity contribution < 1.29 is 0 Å². The van der Waals surface area contributed by atoms with E-state index in [1.165, 1.54) is 25.7 Å². The summed E-state index contributed by atoms with van der Waals surface area (Å²) >= 11 is 5.86. The highest BCUT2D eigenvalue weighted by Crippen LogP contribution is 2.43. The molecule has 1 saturated carbocycles. The normalized spacial score (nSPS) is 24.2. The lowest BCUT2D eigenvalue weighted by Gasteiger charge is -2.37. The van der Waals surface area contributed by atoms with Gasteiger partial charge in [-0.3, -0.25) is 0 Å². The Morgan fingerprint density at radius 1 is 1.25 bits per heavy atom. The molecule has 3 heteroatoms. The van der Waals surface area contributed by atoms with Crippen LogP contribution in [0.5, 0.6) is 0 Å². The van der Waals surface area contributed by atoms with Gasteiger partial charge in [0.2, 0.25) is 0 Å². The topological polar surface area (TPSA) is 0 Å². The van der Waals surface area contributed by atoms with Gasteiger partial charge in [0.25, 0.3) is 0 Å². The quantitative estimate of drug-likeness (QED) is 0.503. The van der Waals surface area contributed by atoms with E-state index >= 15 is 0 Å². The smallest absolute Gasteiger partial charge is 0.0378 e. The van der Waals surface area contributed by atoms with Crippen LogP contribution < -0.4 is 0 Å². The van der Waals surface area contributed by atoms with E-state index in [1.54, 1.807) is 0 Å². The zero-order valence-electron chi connectivity index (χ0n) is 7.99. The molecule has 0 amide bonds. The molecule has 0 aromatic carbocycles. The van der Waals surface area contributed by atoms with Crippen LogP contribution >= 0.6 is 11.6 Å². The predicted molar refractivity (Wildman–Crippen MR) is 58.6 cm³/mol. The van der Waals surface area contributed by atoms with Crippen molar-refractivity contribution in [1.29, 1.82) is 0 Å². The van der Waals surface area contributed by atoms with Crippen LogP contribution in [0.3, 0.4) is 0 Å². The molecule has 0 atom stereocenters. The van der Waals surface area contributed by atoms with Crippen LogP contribution in [0.15, 0.2) is 0 Å². The Labute approximate surface area is 86.1 Å². The minimum atomic E-state index is 0.739. The van der Waals surface area contributed by atoms with Gasteiger partial charge in [0.05, 0.1) is 0 Å². The predicted octanol–water partition coefficient (Wildman–Crippen LogP) is 3.04. The molecular weight excluding hydrogens is 200 g/mol. The molecule has 0 N–H and O–H groups in total. The average molecular weight is 217 g/mol. The van der Waals surface area contributed by atoms with Crippen LogP contribution in [-0.2, 0) is 0 Å². The van der Waals surface area contributed by atoms with Crippen LogP contribution in [0.25, 0.3) is 0 Å². The van der Waals surface area contributed by atoms with Gasteiger partial charge >= 0.3 is 0 Å². The van der Waals surface area contributed by atoms with E-state index in [2.05, 4.69) is 13.1 Å². The third-order valence-electron chi connectivity index (χ3n) is 3.13. The standard InChI is InChI=1S/C9H17ClSi2/c1-11-9(12-2)5-3-8(7-10)4-6-9/h8H,3-7H2,1-2H3. The fraction of sp³-hybridized carbons (Fsp3) is 1.00. The van der Waals surface area contributed by atoms with Gasteiger partial charge in [0, 0.05) is 24.9 Å². The summed E-state index contributed by atoms with van der Waals surface area (Å²) in [6, 6.07) is 0. The maximum atomic E-state index is 5.86. The van der Waals surface area contributed by atoms with Crippen LogP contribution in [0.4, 0.5) is 0 Å². The SMILES string of the molecule is C[Si]C1([Si]C)CCC(CCl)CC1. The number of halogens is 1. The van der Waals surface area contributed by atoms with Crippen LogP contribution in [-0.4, -0.2) is 24.9 Å². The highest BCUT2D eigenvalue weighted by Gasteiger charge is 2.32. The average Bonchev–Trinajstić information content (AvgIpc) is 2.18. The summed E-state index contributed by atoms with van der Waals surface area (Å²) in [5, 5.41) is 0. The Morgan fingerprint density at radius 3 is 2.08 bits per heavy atom. The highest BCUT2D eigenvalue weighted by atomic mass is 35.5. The molecule has 0 bridgehead atoms. The first-order valence-corrected chi connectivity index (χ1v) is 8.23. The molecule has 0 saturated heterocycles. The minimum absolute atomic E-state index is 0.739. The molecule has 0 spiro atoms. The van der Waals surface area contributed by atoms with Gasteiger partial charge in [0.1, 0.15) is 0 Å². The molecule has 1 aliphatic rings. The maximum absolute atomic E-state index is 5.86. The second kappa shape index (κ2) is 4.82. The summed E-state index contributed by atoms with van der Waals surface area (Å²) in [5.74, 6) is 1.71. The fourth-order valence-corrected chi connectivity index (χ4v) is 4.84. The molecule has 4 radical (unpaired) electrons. The largest absolute Gasteiger partial charge is 0.126 e. The first kappa shape index (κ1) is 10.8. The molecule has 0 aliphatic heterocycles. The zero-order chi connectivity index (χ0) is 9.03. The number of hydrogen-bond donors (Lipinski definition) is 0. The van der Waals surface area contributed by atoms with Gasteiger partial charge < -0.3 is 0 Å². The van der Waals surface area contributed by atoms with Crippen LogP contribution in [0, 0.1) is 5.92 Å². The summed E-state index contributed by atoms with van der Waals surface area (Å²) in [6.07, 6.45) is 5.64. The summed E-state index contributed by atoms with van der Waals surface area (Å²) in [5.41, 5.74) is 0. The summed E-state index contributed by atoms with van der Waals surface area (Å²) < 4.78 is 0.739. The molecule has 1 fully saturated rings. The van der Waals surface area contributed by atoms with Crippen LogP contribution in [0.1, 0.15) is 25.7 Å². The first-order valence-electron chi connectivity index (χ1n) is 4.70. The number of hydrogen-bond acceptors (Lipinski definition) is 0. The minimum Gasteiger partial charge on any atom is -0.126 e. The monoisotopic (exact) mass is 216 g/mol. The van der Waals surface area contributed by atoms with E-state index in [-0.39, 0.29) is 0 Å². The van der Waals surface area contributed by atoms with Crippen molar-refractivity contribution in [2.24, 2.45) is 5.92 Å². The van der Waals surface area contributed by atoms with Gasteiger partial charge in [0.15, 0.2) is 0 Å². The molecule has 0 unspecified atom stereocenters. The van der Waals surface area contributed by atoms with Crippen molar-refractivity contribution in [3.05, 3.63) is 0 Å². The number of alkyl halides is 1. The zero-order valence-corrected chi connectivity index (χ0v) is 10.7. The summed E-state index contributed by atoms with van der Waals surface area (Å²) in [7, 11) is 2.28. The van der Waals surface area contributed by atoms with E-state index in [9.17, 15) is 0 Å². The molecule has 68 valence electrons. The molecule has 0 nitrogen and oxygen atoms in total. The van der Waals surface area contributed by atoms with Gasteiger partial charge in [-0.2, -0.15) is 0 Å². The molecule has 0 aromatic rings. The highest BCUT2D eigenvalue weighted by molar-refractivity contribution is 6.60. The molecule has 1 rings (SSSR count). The van der Waals surface area contributed by atoms with Crippen LogP contribution in [0.2, 0.25) is 17.8 Å². The fourth-order valence-electron chi connectivity index (χ4n) is 1.95. The Balaban J connectivity index is 2.42. The van der Waals surface area contributed by atoms with E-state index in [1.807, 2.05) is 0 Å². The molecule has 0 aromatic heterocycles. The van der Waals surface area contributed by atoms with Gasteiger partial charge in [-0.15, -0.1) is 11.6 Å². The van der Waals surface area contributed by atoms with Crippen molar-refractivity contribution in [2.45, 2.75) is 43.4 Å². The second-order valence-electron chi connectivity index (χ2n) is 3.68. The lowest BCUT2D eigenvalue weighted by atomic mass is 9.90. The Bertz CT molecular complexity index is 124. The van der Waals surface area contributed by atoms with Gasteiger partial charge in [-0.05, 0) is 23.4 Å². The van der Waals surface area contributed by atoms with E-state index < -0.39 is 0 Å². The Hall–Kier alpha value is 0.724. The van der Waals surface area contributed by atoms with Crippen molar-refractivity contribution in [2.75, 3.05) is 5.88 Å². The third-order valence-corrected chi connectivity index (χ3v) is 7.98. The van der Waals surface area contributed by atoms with Gasteiger partial charge in [-0.1, -0.05) is 25.9 Å². The lowest BCUT2D eigenvalue weighted by Crippen LogP contribution is -2.30. The summed E-state index contributed by atoms with van der Waals surface area (Å²) in [4.78, 5) is 0. The lowest BCUT2D eigenvalue weighted by molar-refractivity contribution is 0.363. The van der Waals surface area contributed by atoms with E-state index in [0.717, 1.165) is 35.5 Å². The summed E-state index contributed by atoms with van der Waals surface area (Å²) in [6.45, 7) is 4.75. The van der Waals surface area contributed by atoms with Crippen molar-refractivity contribution >= 4 is 30.6 Å². The van der Waals surface area contributed by atoms with Gasteiger partial charge in [-0.25, -0.2) is 0 Å². The molecular formula is C9H17ClSi2. The Morgan fingerprint density at radius 2 is 1.75 bits per heavy atom. The van der Waals surface area contributed by atoms with Crippen molar-refractivity contribution in [3.63, 3.8) is 0 Å². The second-order valence-corrected chi connectivity index (χ2v) is 7.40. The third kappa shape index (κ3) is 2.36. The molecule has 0 heterocycles.